The van der Waals surface area contributed by atoms with Crippen molar-refractivity contribution < 1.29 is 31.9 Å². The standard InChI is InChI=1S/C11H5F5N2O2/c12-3-7-6(13)2-4-1-5(10(19)20)8(11(14,15)16)18-9(4)17-7/h1-2H,3H2,(H,19,20). The zero-order chi connectivity index (χ0) is 15.1. The predicted octanol–water partition coefficient (Wildman–Crippen LogP) is 2.96. The van der Waals surface area contributed by atoms with E-state index in [2.05, 4.69) is 9.97 Å². The number of nitrogens with zero attached hydrogens (tertiary/aromatic N) is 2. The number of carboxylic acid groups (broad SMARTS) is 1. The summed E-state index contributed by atoms with van der Waals surface area (Å²) in [5.74, 6) is -2.94. The number of carboxylic acids is 1. The summed E-state index contributed by atoms with van der Waals surface area (Å²) in [6.45, 7) is -1.31. The molecular weight excluding hydrogens is 287 g/mol. The Balaban J connectivity index is 2.82. The zero-order valence-corrected chi connectivity index (χ0v) is 9.50. The molecule has 0 aromatic carbocycles. The van der Waals surface area contributed by atoms with Crippen molar-refractivity contribution >= 4 is 17.0 Å². The summed E-state index contributed by atoms with van der Waals surface area (Å²) in [4.78, 5) is 17.2. The molecule has 1 N–H and O–H groups in total. The van der Waals surface area contributed by atoms with Gasteiger partial charge in [0.05, 0.1) is 5.56 Å². The van der Waals surface area contributed by atoms with Crippen LogP contribution in [-0.4, -0.2) is 21.0 Å². The average Bonchev–Trinajstić information content (AvgIpc) is 2.35. The second-order valence-corrected chi connectivity index (χ2v) is 3.78. The summed E-state index contributed by atoms with van der Waals surface area (Å²) >= 11 is 0. The Morgan fingerprint density at radius 2 is 1.90 bits per heavy atom. The minimum atomic E-state index is -5.02. The fourth-order valence-electron chi connectivity index (χ4n) is 1.59. The lowest BCUT2D eigenvalue weighted by Crippen LogP contribution is -2.16. The Kier molecular flexibility index (Phi) is 3.28. The maximum absolute atomic E-state index is 13.3. The summed E-state index contributed by atoms with van der Waals surface area (Å²) in [7, 11) is 0. The summed E-state index contributed by atoms with van der Waals surface area (Å²) in [6, 6.07) is 1.29. The smallest absolute Gasteiger partial charge is 0.434 e. The lowest BCUT2D eigenvalue weighted by Gasteiger charge is -2.10. The zero-order valence-electron chi connectivity index (χ0n) is 9.50. The molecule has 0 saturated heterocycles. The first-order valence-corrected chi connectivity index (χ1v) is 5.10. The average molecular weight is 292 g/mol. The fraction of sp³-hybridized carbons (Fsp3) is 0.182. The molecule has 2 heterocycles. The van der Waals surface area contributed by atoms with Crippen LogP contribution in [0.25, 0.3) is 11.0 Å². The minimum absolute atomic E-state index is 0.259. The molecule has 0 spiro atoms. The van der Waals surface area contributed by atoms with Crippen LogP contribution in [0.3, 0.4) is 0 Å². The van der Waals surface area contributed by atoms with Crippen LogP contribution in [0, 0.1) is 5.82 Å². The molecule has 0 amide bonds. The van der Waals surface area contributed by atoms with Crippen molar-refractivity contribution in [2.24, 2.45) is 0 Å². The maximum Gasteiger partial charge on any atom is 0.434 e. The van der Waals surface area contributed by atoms with Crippen LogP contribution in [0.1, 0.15) is 21.7 Å². The van der Waals surface area contributed by atoms with E-state index >= 15 is 0 Å². The SMILES string of the molecule is O=C(O)c1cc2cc(F)c(CF)nc2nc1C(F)(F)F. The molecule has 0 aliphatic heterocycles. The van der Waals surface area contributed by atoms with Crippen LogP contribution in [0.15, 0.2) is 12.1 Å². The number of hydrogen-bond donors (Lipinski definition) is 1. The van der Waals surface area contributed by atoms with Gasteiger partial charge in [0, 0.05) is 5.39 Å². The molecule has 106 valence electrons. The van der Waals surface area contributed by atoms with Crippen molar-refractivity contribution in [3.05, 3.63) is 34.9 Å². The third kappa shape index (κ3) is 2.38. The molecule has 4 nitrogen and oxygen atoms in total. The van der Waals surface area contributed by atoms with Crippen LogP contribution >= 0.6 is 0 Å². The van der Waals surface area contributed by atoms with Gasteiger partial charge < -0.3 is 5.11 Å². The fourth-order valence-corrected chi connectivity index (χ4v) is 1.59. The van der Waals surface area contributed by atoms with Gasteiger partial charge in [0.2, 0.25) is 0 Å². The monoisotopic (exact) mass is 292 g/mol. The van der Waals surface area contributed by atoms with E-state index in [1.165, 1.54) is 0 Å². The number of rotatable bonds is 2. The van der Waals surface area contributed by atoms with Gasteiger partial charge in [0.25, 0.3) is 0 Å². The van der Waals surface area contributed by atoms with Gasteiger partial charge in [-0.3, -0.25) is 0 Å². The molecule has 20 heavy (non-hydrogen) atoms. The van der Waals surface area contributed by atoms with Crippen LogP contribution < -0.4 is 0 Å². The maximum atomic E-state index is 13.3. The van der Waals surface area contributed by atoms with E-state index in [1.807, 2.05) is 0 Å². The molecule has 0 atom stereocenters. The number of hydrogen-bond acceptors (Lipinski definition) is 3. The van der Waals surface area contributed by atoms with E-state index in [1.54, 1.807) is 0 Å². The number of aromatic nitrogens is 2. The first kappa shape index (κ1) is 14.1. The Morgan fingerprint density at radius 3 is 2.40 bits per heavy atom. The molecule has 2 aromatic rings. The third-order valence-corrected chi connectivity index (χ3v) is 2.46. The number of halogens is 5. The molecule has 9 heteroatoms. The molecule has 0 radical (unpaired) electrons. The largest absolute Gasteiger partial charge is 0.478 e. The van der Waals surface area contributed by atoms with E-state index in [0.717, 1.165) is 0 Å². The van der Waals surface area contributed by atoms with Crippen molar-refractivity contribution in [3.63, 3.8) is 0 Å². The molecule has 0 aliphatic rings. The minimum Gasteiger partial charge on any atom is -0.478 e. The molecule has 0 saturated carbocycles. The van der Waals surface area contributed by atoms with Crippen LogP contribution in [0.2, 0.25) is 0 Å². The van der Waals surface area contributed by atoms with Gasteiger partial charge >= 0.3 is 12.1 Å². The highest BCUT2D eigenvalue weighted by molar-refractivity contribution is 5.93. The van der Waals surface area contributed by atoms with Gasteiger partial charge in [0.1, 0.15) is 18.2 Å². The molecule has 2 rings (SSSR count). The molecule has 0 bridgehead atoms. The highest BCUT2D eigenvalue weighted by Crippen LogP contribution is 2.32. The van der Waals surface area contributed by atoms with Gasteiger partial charge in [-0.15, -0.1) is 0 Å². The Hall–Kier alpha value is -2.32. The van der Waals surface area contributed by atoms with Crippen molar-refractivity contribution in [2.75, 3.05) is 0 Å². The summed E-state index contributed by atoms with van der Waals surface area (Å²) in [5, 5.41) is 8.49. The topological polar surface area (TPSA) is 63.1 Å². The number of pyridine rings is 2. The van der Waals surface area contributed by atoms with Crippen molar-refractivity contribution in [3.8, 4) is 0 Å². The highest BCUT2D eigenvalue weighted by Gasteiger charge is 2.38. The van der Waals surface area contributed by atoms with E-state index < -0.39 is 47.2 Å². The quantitative estimate of drug-likeness (QED) is 0.864. The second kappa shape index (κ2) is 4.66. The van der Waals surface area contributed by atoms with Crippen molar-refractivity contribution in [2.45, 2.75) is 12.9 Å². The molecule has 0 fully saturated rings. The lowest BCUT2D eigenvalue weighted by atomic mass is 10.1. The third-order valence-electron chi connectivity index (χ3n) is 2.46. The van der Waals surface area contributed by atoms with E-state index in [9.17, 15) is 26.7 Å². The predicted molar refractivity (Wildman–Crippen MR) is 56.3 cm³/mol. The molecular formula is C11H5F5N2O2. The van der Waals surface area contributed by atoms with E-state index in [0.29, 0.717) is 12.1 Å². The Bertz CT molecular complexity index is 699. The lowest BCUT2D eigenvalue weighted by molar-refractivity contribution is -0.141. The first-order chi connectivity index (χ1) is 9.24. The van der Waals surface area contributed by atoms with Gasteiger partial charge in [-0.2, -0.15) is 13.2 Å². The Labute approximate surface area is 107 Å². The summed E-state index contributed by atoms with van der Waals surface area (Å²) in [5.41, 5.74) is -4.06. The van der Waals surface area contributed by atoms with Gasteiger partial charge in [-0.1, -0.05) is 0 Å². The normalized spacial score (nSPS) is 11.8. The van der Waals surface area contributed by atoms with Crippen LogP contribution in [0.4, 0.5) is 22.0 Å². The van der Waals surface area contributed by atoms with Crippen molar-refractivity contribution in [1.29, 1.82) is 0 Å². The highest BCUT2D eigenvalue weighted by atomic mass is 19.4. The number of fused-ring (bicyclic) bond motifs is 1. The summed E-state index contributed by atoms with van der Waals surface area (Å²) in [6.07, 6.45) is -5.02. The summed E-state index contributed by atoms with van der Waals surface area (Å²) < 4.78 is 63.8. The van der Waals surface area contributed by atoms with Crippen molar-refractivity contribution in [1.82, 2.24) is 9.97 Å². The van der Waals surface area contributed by atoms with E-state index in [4.69, 9.17) is 5.11 Å². The molecule has 2 aromatic heterocycles. The van der Waals surface area contributed by atoms with E-state index in [-0.39, 0.29) is 5.39 Å². The Morgan fingerprint density at radius 1 is 1.25 bits per heavy atom. The first-order valence-electron chi connectivity index (χ1n) is 5.10. The second-order valence-electron chi connectivity index (χ2n) is 3.78. The van der Waals surface area contributed by atoms with Gasteiger partial charge in [0.15, 0.2) is 11.3 Å². The molecule has 0 aliphatic carbocycles. The number of alkyl halides is 4. The molecule has 0 unspecified atom stereocenters. The van der Waals surface area contributed by atoms with Gasteiger partial charge in [-0.05, 0) is 12.1 Å². The van der Waals surface area contributed by atoms with Gasteiger partial charge in [-0.25, -0.2) is 23.5 Å². The number of aromatic carboxylic acids is 1. The van der Waals surface area contributed by atoms with Crippen LogP contribution in [0.5, 0.6) is 0 Å². The number of carbonyl (C=O) groups is 1. The van der Waals surface area contributed by atoms with Crippen LogP contribution in [-0.2, 0) is 12.9 Å².